The van der Waals surface area contributed by atoms with E-state index in [2.05, 4.69) is 15.3 Å². The Balaban J connectivity index is 2.42. The van der Waals surface area contributed by atoms with Gasteiger partial charge in [-0.05, 0) is 20.8 Å². The molecule has 0 aliphatic rings. The molecule has 0 aliphatic carbocycles. The van der Waals surface area contributed by atoms with Crippen LogP contribution in [-0.2, 0) is 4.74 Å². The zero-order valence-electron chi connectivity index (χ0n) is 9.00. The van der Waals surface area contributed by atoms with Crippen LogP contribution in [0.2, 0.25) is 0 Å². The van der Waals surface area contributed by atoms with E-state index >= 15 is 0 Å². The molecule has 0 fully saturated rings. The normalized spacial score (nSPS) is 10.2. The topological polar surface area (TPSA) is 47.0 Å². The molecule has 0 atom stereocenters. The molecule has 0 saturated carbocycles. The van der Waals surface area contributed by atoms with Gasteiger partial charge in [0.1, 0.15) is 11.6 Å². The van der Waals surface area contributed by atoms with Crippen molar-refractivity contribution in [2.45, 2.75) is 20.8 Å². The number of ether oxygens (including phenoxy) is 1. The van der Waals surface area contributed by atoms with Crippen LogP contribution in [0.3, 0.4) is 0 Å². The molecule has 4 heteroatoms. The van der Waals surface area contributed by atoms with E-state index in [1.165, 1.54) is 0 Å². The first-order chi connectivity index (χ1) is 6.72. The van der Waals surface area contributed by atoms with E-state index in [-0.39, 0.29) is 0 Å². The fourth-order valence-electron chi connectivity index (χ4n) is 1.20. The van der Waals surface area contributed by atoms with Gasteiger partial charge in [-0.25, -0.2) is 9.97 Å². The van der Waals surface area contributed by atoms with Gasteiger partial charge in [-0.15, -0.1) is 0 Å². The predicted molar refractivity (Wildman–Crippen MR) is 56.5 cm³/mol. The van der Waals surface area contributed by atoms with E-state index in [9.17, 15) is 0 Å². The first-order valence-electron chi connectivity index (χ1n) is 4.86. The summed E-state index contributed by atoms with van der Waals surface area (Å²) in [5, 5.41) is 3.18. The average Bonchev–Trinajstić information content (AvgIpc) is 2.11. The Morgan fingerprint density at radius 3 is 2.79 bits per heavy atom. The zero-order valence-corrected chi connectivity index (χ0v) is 9.00. The highest BCUT2D eigenvalue weighted by atomic mass is 16.5. The number of nitrogens with zero attached hydrogens (tertiary/aromatic N) is 2. The summed E-state index contributed by atoms with van der Waals surface area (Å²) in [5.41, 5.74) is 0.983. The van der Waals surface area contributed by atoms with E-state index < -0.39 is 0 Å². The summed E-state index contributed by atoms with van der Waals surface area (Å²) in [6.07, 6.45) is 0. The molecular weight excluding hydrogens is 178 g/mol. The molecule has 0 aromatic carbocycles. The number of anilines is 1. The molecule has 1 N–H and O–H groups in total. The van der Waals surface area contributed by atoms with Crippen molar-refractivity contribution in [1.82, 2.24) is 9.97 Å². The van der Waals surface area contributed by atoms with Gasteiger partial charge in [-0.1, -0.05) is 0 Å². The largest absolute Gasteiger partial charge is 0.380 e. The Morgan fingerprint density at radius 2 is 2.14 bits per heavy atom. The quantitative estimate of drug-likeness (QED) is 0.724. The van der Waals surface area contributed by atoms with Crippen LogP contribution in [0, 0.1) is 13.8 Å². The Hall–Kier alpha value is -1.16. The maximum atomic E-state index is 5.21. The van der Waals surface area contributed by atoms with Gasteiger partial charge in [-0.3, -0.25) is 0 Å². The summed E-state index contributed by atoms with van der Waals surface area (Å²) in [6, 6.07) is 1.93. The number of hydrogen-bond donors (Lipinski definition) is 1. The Morgan fingerprint density at radius 1 is 1.36 bits per heavy atom. The number of aromatic nitrogens is 2. The van der Waals surface area contributed by atoms with E-state index in [1.807, 2.05) is 26.8 Å². The van der Waals surface area contributed by atoms with E-state index in [0.29, 0.717) is 6.61 Å². The van der Waals surface area contributed by atoms with Gasteiger partial charge in [0.05, 0.1) is 6.61 Å². The first-order valence-corrected chi connectivity index (χ1v) is 4.86. The van der Waals surface area contributed by atoms with Gasteiger partial charge in [0, 0.05) is 24.9 Å². The van der Waals surface area contributed by atoms with Crippen LogP contribution < -0.4 is 5.32 Å². The lowest BCUT2D eigenvalue weighted by atomic mass is 10.4. The summed E-state index contributed by atoms with van der Waals surface area (Å²) in [5.74, 6) is 1.67. The summed E-state index contributed by atoms with van der Waals surface area (Å²) >= 11 is 0. The third-order valence-electron chi connectivity index (χ3n) is 1.72. The van der Waals surface area contributed by atoms with Crippen LogP contribution in [0.15, 0.2) is 6.07 Å². The lowest BCUT2D eigenvalue weighted by molar-refractivity contribution is 0.158. The van der Waals surface area contributed by atoms with Crippen molar-refractivity contribution in [1.29, 1.82) is 0 Å². The Kier molecular flexibility index (Phi) is 4.32. The molecule has 0 bridgehead atoms. The third kappa shape index (κ3) is 3.70. The third-order valence-corrected chi connectivity index (χ3v) is 1.72. The molecule has 4 nitrogen and oxygen atoms in total. The molecule has 1 aromatic rings. The molecule has 1 aromatic heterocycles. The molecule has 0 radical (unpaired) electrons. The van der Waals surface area contributed by atoms with Crippen molar-refractivity contribution in [3.63, 3.8) is 0 Å². The molecular formula is C10H17N3O. The average molecular weight is 195 g/mol. The van der Waals surface area contributed by atoms with E-state index in [1.54, 1.807) is 0 Å². The minimum absolute atomic E-state index is 0.707. The maximum absolute atomic E-state index is 5.21. The van der Waals surface area contributed by atoms with Gasteiger partial charge >= 0.3 is 0 Å². The Bertz CT molecular complexity index is 268. The minimum atomic E-state index is 0.707. The maximum Gasteiger partial charge on any atom is 0.129 e. The molecule has 0 amide bonds. The van der Waals surface area contributed by atoms with Crippen molar-refractivity contribution < 1.29 is 4.74 Å². The molecule has 0 aliphatic heterocycles. The highest BCUT2D eigenvalue weighted by Gasteiger charge is 1.96. The lowest BCUT2D eigenvalue weighted by Crippen LogP contribution is -2.11. The van der Waals surface area contributed by atoms with Crippen molar-refractivity contribution in [2.24, 2.45) is 0 Å². The predicted octanol–water partition coefficient (Wildman–Crippen LogP) is 1.54. The number of hydrogen-bond acceptors (Lipinski definition) is 4. The summed E-state index contributed by atoms with van der Waals surface area (Å²) in [7, 11) is 0. The van der Waals surface area contributed by atoms with E-state index in [0.717, 1.165) is 30.5 Å². The Labute approximate surface area is 84.7 Å². The second kappa shape index (κ2) is 5.54. The van der Waals surface area contributed by atoms with Crippen molar-refractivity contribution in [3.05, 3.63) is 17.6 Å². The molecule has 0 saturated heterocycles. The van der Waals surface area contributed by atoms with Gasteiger partial charge in [-0.2, -0.15) is 0 Å². The van der Waals surface area contributed by atoms with Crippen molar-refractivity contribution in [2.75, 3.05) is 25.1 Å². The molecule has 14 heavy (non-hydrogen) atoms. The highest BCUT2D eigenvalue weighted by molar-refractivity contribution is 5.35. The number of aryl methyl sites for hydroxylation is 2. The second-order valence-corrected chi connectivity index (χ2v) is 3.07. The number of nitrogens with one attached hydrogen (secondary N) is 1. The van der Waals surface area contributed by atoms with Crippen LogP contribution in [0.4, 0.5) is 5.82 Å². The van der Waals surface area contributed by atoms with Crippen molar-refractivity contribution in [3.8, 4) is 0 Å². The van der Waals surface area contributed by atoms with Crippen molar-refractivity contribution >= 4 is 5.82 Å². The molecule has 0 unspecified atom stereocenters. The number of rotatable bonds is 5. The summed E-state index contributed by atoms with van der Waals surface area (Å²) in [6.45, 7) is 8.08. The van der Waals surface area contributed by atoms with Crippen LogP contribution >= 0.6 is 0 Å². The molecule has 1 rings (SSSR count). The van der Waals surface area contributed by atoms with E-state index in [4.69, 9.17) is 4.74 Å². The first kappa shape index (κ1) is 10.9. The van der Waals surface area contributed by atoms with Crippen LogP contribution in [0.25, 0.3) is 0 Å². The fourth-order valence-corrected chi connectivity index (χ4v) is 1.20. The van der Waals surface area contributed by atoms with Gasteiger partial charge < -0.3 is 10.1 Å². The van der Waals surface area contributed by atoms with Crippen LogP contribution in [-0.4, -0.2) is 29.7 Å². The summed E-state index contributed by atoms with van der Waals surface area (Å²) < 4.78 is 5.21. The van der Waals surface area contributed by atoms with Gasteiger partial charge in [0.25, 0.3) is 0 Å². The fraction of sp³-hybridized carbons (Fsp3) is 0.600. The van der Waals surface area contributed by atoms with Crippen LogP contribution in [0.1, 0.15) is 18.4 Å². The van der Waals surface area contributed by atoms with Gasteiger partial charge in [0.15, 0.2) is 0 Å². The zero-order chi connectivity index (χ0) is 10.4. The summed E-state index contributed by atoms with van der Waals surface area (Å²) in [4.78, 5) is 8.45. The standard InChI is InChI=1S/C10H17N3O/c1-4-14-6-5-11-10-7-8(2)12-9(3)13-10/h7H,4-6H2,1-3H3,(H,11,12,13). The monoisotopic (exact) mass is 195 g/mol. The van der Waals surface area contributed by atoms with Crippen LogP contribution in [0.5, 0.6) is 0 Å². The smallest absolute Gasteiger partial charge is 0.129 e. The molecule has 78 valence electrons. The SMILES string of the molecule is CCOCCNc1cc(C)nc(C)n1. The minimum Gasteiger partial charge on any atom is -0.380 e. The lowest BCUT2D eigenvalue weighted by Gasteiger charge is -2.06. The molecule has 1 heterocycles. The highest BCUT2D eigenvalue weighted by Crippen LogP contribution is 2.04. The molecule has 0 spiro atoms. The second-order valence-electron chi connectivity index (χ2n) is 3.07. The van der Waals surface area contributed by atoms with Gasteiger partial charge in [0.2, 0.25) is 0 Å².